The van der Waals surface area contributed by atoms with Crippen LogP contribution in [0.15, 0.2) is 0 Å². The predicted octanol–water partition coefficient (Wildman–Crippen LogP) is 1.61. The molecule has 0 aromatic carbocycles. The highest BCUT2D eigenvalue weighted by Crippen LogP contribution is 2.15. The molecule has 2 N–H and O–H groups in total. The standard InChI is InChI=1S/C11H19ClN6O/c1-5-7(3)18(17-8(4)19)11-15-9(12)14-10(16-11)13-6-2/h7H,5-6H2,1-4H3,(H,17,19)(H,13,14,15,16)/t7-/m1/s1. The first-order valence-corrected chi connectivity index (χ1v) is 6.57. The molecule has 1 atom stereocenters. The number of amides is 1. The molecule has 0 aliphatic heterocycles. The van der Waals surface area contributed by atoms with Gasteiger partial charge in [0.05, 0.1) is 6.04 Å². The molecule has 8 heteroatoms. The van der Waals surface area contributed by atoms with Gasteiger partial charge < -0.3 is 5.32 Å². The van der Waals surface area contributed by atoms with E-state index in [1.165, 1.54) is 6.92 Å². The number of hydrazine groups is 1. The van der Waals surface area contributed by atoms with Gasteiger partial charge in [-0.05, 0) is 31.9 Å². The fourth-order valence-electron chi connectivity index (χ4n) is 1.39. The molecular formula is C11H19ClN6O. The highest BCUT2D eigenvalue weighted by Gasteiger charge is 2.18. The molecule has 106 valence electrons. The molecule has 1 heterocycles. The number of hydrogen-bond acceptors (Lipinski definition) is 6. The zero-order valence-corrected chi connectivity index (χ0v) is 12.3. The summed E-state index contributed by atoms with van der Waals surface area (Å²) in [4.78, 5) is 23.5. The Morgan fingerprint density at radius 3 is 2.58 bits per heavy atom. The smallest absolute Gasteiger partial charge is 0.250 e. The van der Waals surface area contributed by atoms with Gasteiger partial charge >= 0.3 is 0 Å². The number of nitrogens with one attached hydrogen (secondary N) is 2. The fraction of sp³-hybridized carbons (Fsp3) is 0.636. The fourth-order valence-corrected chi connectivity index (χ4v) is 1.55. The summed E-state index contributed by atoms with van der Waals surface area (Å²) in [5.41, 5.74) is 2.70. The lowest BCUT2D eigenvalue weighted by molar-refractivity contribution is -0.119. The molecule has 0 spiro atoms. The van der Waals surface area contributed by atoms with Crippen molar-refractivity contribution in [1.29, 1.82) is 0 Å². The monoisotopic (exact) mass is 286 g/mol. The van der Waals surface area contributed by atoms with Gasteiger partial charge in [0, 0.05) is 13.5 Å². The molecular weight excluding hydrogens is 268 g/mol. The van der Waals surface area contributed by atoms with Gasteiger partial charge in [0.1, 0.15) is 0 Å². The van der Waals surface area contributed by atoms with Crippen LogP contribution in [0.2, 0.25) is 5.28 Å². The van der Waals surface area contributed by atoms with Crippen molar-refractivity contribution in [2.45, 2.75) is 40.2 Å². The molecule has 0 saturated heterocycles. The van der Waals surface area contributed by atoms with Crippen molar-refractivity contribution in [3.8, 4) is 0 Å². The lowest BCUT2D eigenvalue weighted by Crippen LogP contribution is -2.47. The summed E-state index contributed by atoms with van der Waals surface area (Å²) in [6.07, 6.45) is 0.820. The van der Waals surface area contributed by atoms with Gasteiger partial charge in [0.2, 0.25) is 17.1 Å². The maximum atomic E-state index is 11.3. The Balaban J connectivity index is 3.09. The van der Waals surface area contributed by atoms with Gasteiger partial charge in [0.15, 0.2) is 0 Å². The zero-order chi connectivity index (χ0) is 14.4. The number of carbonyl (C=O) groups is 1. The number of hydrogen-bond donors (Lipinski definition) is 2. The van der Waals surface area contributed by atoms with E-state index in [-0.39, 0.29) is 17.2 Å². The Hall–Kier alpha value is -1.63. The van der Waals surface area contributed by atoms with Crippen LogP contribution in [0, 0.1) is 0 Å². The summed E-state index contributed by atoms with van der Waals surface area (Å²) in [5, 5.41) is 4.64. The van der Waals surface area contributed by atoms with Crippen molar-refractivity contribution in [3.05, 3.63) is 5.28 Å². The van der Waals surface area contributed by atoms with Crippen LogP contribution in [0.5, 0.6) is 0 Å². The van der Waals surface area contributed by atoms with Gasteiger partial charge in [0.25, 0.3) is 5.95 Å². The number of halogens is 1. The van der Waals surface area contributed by atoms with E-state index in [1.54, 1.807) is 5.01 Å². The average molecular weight is 287 g/mol. The molecule has 1 amide bonds. The SMILES string of the molecule is CCNc1nc(Cl)nc(N(NC(C)=O)[C@H](C)CC)n1. The average Bonchev–Trinajstić information content (AvgIpc) is 2.34. The van der Waals surface area contributed by atoms with E-state index < -0.39 is 0 Å². The largest absolute Gasteiger partial charge is 0.354 e. The van der Waals surface area contributed by atoms with Crippen LogP contribution < -0.4 is 15.8 Å². The lowest BCUT2D eigenvalue weighted by atomic mass is 10.2. The first kappa shape index (κ1) is 15.4. The minimum Gasteiger partial charge on any atom is -0.354 e. The Morgan fingerprint density at radius 2 is 2.05 bits per heavy atom. The van der Waals surface area contributed by atoms with Gasteiger partial charge in [-0.1, -0.05) is 6.92 Å². The number of rotatable bonds is 6. The highest BCUT2D eigenvalue weighted by molar-refractivity contribution is 6.28. The van der Waals surface area contributed by atoms with Gasteiger partial charge in [-0.25, -0.2) is 5.01 Å². The Kier molecular flexibility index (Phi) is 5.75. The number of carbonyl (C=O) groups excluding carboxylic acids is 1. The van der Waals surface area contributed by atoms with Gasteiger partial charge in [-0.3, -0.25) is 10.2 Å². The molecule has 0 bridgehead atoms. The van der Waals surface area contributed by atoms with Crippen molar-refractivity contribution < 1.29 is 4.79 Å². The molecule has 0 aliphatic rings. The van der Waals surface area contributed by atoms with E-state index in [2.05, 4.69) is 25.7 Å². The molecule has 19 heavy (non-hydrogen) atoms. The third-order valence-electron chi connectivity index (χ3n) is 2.46. The van der Waals surface area contributed by atoms with E-state index in [0.29, 0.717) is 18.4 Å². The molecule has 7 nitrogen and oxygen atoms in total. The molecule has 0 fully saturated rings. The minimum atomic E-state index is -0.193. The van der Waals surface area contributed by atoms with Gasteiger partial charge in [-0.2, -0.15) is 15.0 Å². The maximum absolute atomic E-state index is 11.3. The molecule has 0 aliphatic carbocycles. The summed E-state index contributed by atoms with van der Waals surface area (Å²) < 4.78 is 0. The van der Waals surface area contributed by atoms with Crippen molar-refractivity contribution in [2.24, 2.45) is 0 Å². The second-order valence-corrected chi connectivity index (χ2v) is 4.39. The predicted molar refractivity (Wildman–Crippen MR) is 75.0 cm³/mol. The molecule has 1 aromatic heterocycles. The molecule has 0 radical (unpaired) electrons. The molecule has 0 unspecified atom stereocenters. The summed E-state index contributed by atoms with van der Waals surface area (Å²) >= 11 is 5.87. The lowest BCUT2D eigenvalue weighted by Gasteiger charge is -2.28. The van der Waals surface area contributed by atoms with Crippen LogP contribution in [0.3, 0.4) is 0 Å². The highest BCUT2D eigenvalue weighted by atomic mass is 35.5. The van der Waals surface area contributed by atoms with Crippen LogP contribution in [0.4, 0.5) is 11.9 Å². The van der Waals surface area contributed by atoms with Crippen molar-refractivity contribution >= 4 is 29.4 Å². The van der Waals surface area contributed by atoms with E-state index in [1.807, 2.05) is 20.8 Å². The molecule has 1 aromatic rings. The summed E-state index contributed by atoms with van der Waals surface area (Å²) in [6, 6.07) is 0.0387. The van der Waals surface area contributed by atoms with Crippen LogP contribution >= 0.6 is 11.6 Å². The number of nitrogens with zero attached hydrogens (tertiary/aromatic N) is 4. The van der Waals surface area contributed by atoms with Crippen molar-refractivity contribution in [1.82, 2.24) is 20.4 Å². The number of aromatic nitrogens is 3. The number of anilines is 2. The van der Waals surface area contributed by atoms with Crippen molar-refractivity contribution in [3.63, 3.8) is 0 Å². The van der Waals surface area contributed by atoms with Crippen LogP contribution in [0.25, 0.3) is 0 Å². The van der Waals surface area contributed by atoms with E-state index in [9.17, 15) is 4.79 Å². The summed E-state index contributed by atoms with van der Waals surface area (Å²) in [6.45, 7) is 8.00. The van der Waals surface area contributed by atoms with Crippen molar-refractivity contribution in [2.75, 3.05) is 16.9 Å². The van der Waals surface area contributed by atoms with Crippen LogP contribution in [0.1, 0.15) is 34.1 Å². The quantitative estimate of drug-likeness (QED) is 0.773. The Bertz CT molecular complexity index is 441. The van der Waals surface area contributed by atoms with E-state index >= 15 is 0 Å². The second kappa shape index (κ2) is 7.08. The van der Waals surface area contributed by atoms with Crippen LogP contribution in [-0.2, 0) is 4.79 Å². The summed E-state index contributed by atoms with van der Waals surface area (Å²) in [5.74, 6) is 0.512. The topological polar surface area (TPSA) is 83.0 Å². The van der Waals surface area contributed by atoms with Crippen LogP contribution in [-0.4, -0.2) is 33.4 Å². The van der Waals surface area contributed by atoms with E-state index in [4.69, 9.17) is 11.6 Å². The Morgan fingerprint density at radius 1 is 1.37 bits per heavy atom. The molecule has 0 saturated carbocycles. The summed E-state index contributed by atoms with van der Waals surface area (Å²) in [7, 11) is 0. The first-order valence-electron chi connectivity index (χ1n) is 6.19. The third kappa shape index (κ3) is 4.51. The maximum Gasteiger partial charge on any atom is 0.250 e. The Labute approximate surface area is 117 Å². The third-order valence-corrected chi connectivity index (χ3v) is 2.63. The first-order chi connectivity index (χ1) is 8.97. The zero-order valence-electron chi connectivity index (χ0n) is 11.6. The molecule has 1 rings (SSSR count). The van der Waals surface area contributed by atoms with Gasteiger partial charge in [-0.15, -0.1) is 0 Å². The van der Waals surface area contributed by atoms with E-state index in [0.717, 1.165) is 6.42 Å². The second-order valence-electron chi connectivity index (χ2n) is 4.05. The normalized spacial score (nSPS) is 11.8. The minimum absolute atomic E-state index is 0.0387.